The van der Waals surface area contributed by atoms with Gasteiger partial charge < -0.3 is 16.5 Å². The summed E-state index contributed by atoms with van der Waals surface area (Å²) in [5.74, 6) is -0.141. The highest BCUT2D eigenvalue weighted by Crippen LogP contribution is 2.22. The molecule has 1 aromatic heterocycles. The van der Waals surface area contributed by atoms with Crippen LogP contribution in [0.5, 0.6) is 0 Å². The summed E-state index contributed by atoms with van der Waals surface area (Å²) in [6, 6.07) is 9.06. The lowest BCUT2D eigenvalue weighted by molar-refractivity contribution is 0.0936. The molecule has 0 fully saturated rings. The van der Waals surface area contributed by atoms with Gasteiger partial charge in [-0.25, -0.2) is 0 Å². The summed E-state index contributed by atoms with van der Waals surface area (Å²) in [4.78, 5) is 13.5. The molecule has 4 N–H and O–H groups in total. The van der Waals surface area contributed by atoms with Gasteiger partial charge in [-0.05, 0) is 43.0 Å². The summed E-state index contributed by atoms with van der Waals surface area (Å²) in [5.41, 5.74) is 7.83. The van der Waals surface area contributed by atoms with Crippen molar-refractivity contribution in [1.29, 1.82) is 5.41 Å². The number of rotatable bonds is 5. The third-order valence-electron chi connectivity index (χ3n) is 3.32. The van der Waals surface area contributed by atoms with E-state index in [1.165, 1.54) is 0 Å². The Morgan fingerprint density at radius 3 is 2.76 bits per heavy atom. The largest absolute Gasteiger partial charge is 0.398 e. The molecule has 4 nitrogen and oxygen atoms in total. The minimum Gasteiger partial charge on any atom is -0.398 e. The van der Waals surface area contributed by atoms with Crippen molar-refractivity contribution >= 4 is 28.6 Å². The van der Waals surface area contributed by atoms with Crippen molar-refractivity contribution in [3.63, 3.8) is 0 Å². The summed E-state index contributed by atoms with van der Waals surface area (Å²) >= 11 is 1.63. The molecule has 0 bridgehead atoms. The van der Waals surface area contributed by atoms with Crippen LogP contribution in [0.3, 0.4) is 0 Å². The molecule has 0 aliphatic rings. The van der Waals surface area contributed by atoms with Gasteiger partial charge in [-0.15, -0.1) is 11.3 Å². The van der Waals surface area contributed by atoms with Crippen molar-refractivity contribution in [2.75, 3.05) is 5.73 Å². The molecule has 1 heterocycles. The van der Waals surface area contributed by atoms with Crippen LogP contribution in [-0.2, 0) is 0 Å². The molecule has 0 spiro atoms. The maximum absolute atomic E-state index is 12.4. The van der Waals surface area contributed by atoms with Crippen molar-refractivity contribution in [2.45, 2.75) is 26.3 Å². The molecule has 2 aromatic rings. The van der Waals surface area contributed by atoms with E-state index >= 15 is 0 Å². The number of anilines is 1. The summed E-state index contributed by atoms with van der Waals surface area (Å²) in [7, 11) is 0. The van der Waals surface area contributed by atoms with Crippen LogP contribution >= 0.6 is 11.3 Å². The quantitative estimate of drug-likeness (QED) is 0.583. The Kier molecular flexibility index (Phi) is 4.75. The summed E-state index contributed by atoms with van der Waals surface area (Å²) < 4.78 is 0. The van der Waals surface area contributed by atoms with Gasteiger partial charge in [-0.3, -0.25) is 4.79 Å². The lowest BCUT2D eigenvalue weighted by atomic mass is 10.0. The maximum atomic E-state index is 12.4. The number of nitrogens with two attached hydrogens (primary N) is 1. The predicted octanol–water partition coefficient (Wildman–Crippen LogP) is 3.60. The van der Waals surface area contributed by atoms with Crippen LogP contribution < -0.4 is 11.1 Å². The highest BCUT2D eigenvalue weighted by Gasteiger charge is 2.16. The number of benzene rings is 1. The molecule has 0 saturated carbocycles. The third kappa shape index (κ3) is 3.49. The van der Waals surface area contributed by atoms with Crippen LogP contribution in [0.1, 0.15) is 47.1 Å². The van der Waals surface area contributed by atoms with Gasteiger partial charge in [0.1, 0.15) is 0 Å². The maximum Gasteiger partial charge on any atom is 0.251 e. The van der Waals surface area contributed by atoms with Crippen molar-refractivity contribution in [3.05, 3.63) is 51.7 Å². The van der Waals surface area contributed by atoms with Gasteiger partial charge in [0.2, 0.25) is 0 Å². The van der Waals surface area contributed by atoms with Gasteiger partial charge in [0, 0.05) is 27.4 Å². The first-order valence-corrected chi connectivity index (χ1v) is 7.70. The van der Waals surface area contributed by atoms with Crippen molar-refractivity contribution in [2.24, 2.45) is 0 Å². The fraction of sp³-hybridized carbons (Fsp3) is 0.250. The second-order valence-corrected chi connectivity index (χ2v) is 5.86. The van der Waals surface area contributed by atoms with Gasteiger partial charge >= 0.3 is 0 Å². The molecule has 0 aliphatic carbocycles. The summed E-state index contributed by atoms with van der Waals surface area (Å²) in [6.07, 6.45) is 0.831. The van der Waals surface area contributed by atoms with E-state index in [0.29, 0.717) is 22.5 Å². The second kappa shape index (κ2) is 6.54. The van der Waals surface area contributed by atoms with E-state index in [4.69, 9.17) is 11.1 Å². The minimum atomic E-state index is -0.141. The average Bonchev–Trinajstić information content (AvgIpc) is 2.98. The van der Waals surface area contributed by atoms with Crippen LogP contribution in [-0.4, -0.2) is 11.6 Å². The Bertz CT molecular complexity index is 650. The lowest BCUT2D eigenvalue weighted by Crippen LogP contribution is -2.27. The first-order chi connectivity index (χ1) is 10.0. The number of amides is 1. The van der Waals surface area contributed by atoms with Crippen LogP contribution in [0.15, 0.2) is 35.7 Å². The zero-order chi connectivity index (χ0) is 15.4. The molecule has 5 heteroatoms. The Morgan fingerprint density at radius 1 is 1.43 bits per heavy atom. The normalized spacial score (nSPS) is 11.9. The highest BCUT2D eigenvalue weighted by atomic mass is 32.1. The fourth-order valence-corrected chi connectivity index (χ4v) is 2.99. The molecular formula is C16H19N3OS. The zero-order valence-corrected chi connectivity index (χ0v) is 13.0. The molecular weight excluding hydrogens is 282 g/mol. The smallest absolute Gasteiger partial charge is 0.251 e. The number of carbonyl (C=O) groups excluding carboxylic acids is 1. The molecule has 1 aromatic carbocycles. The van der Waals surface area contributed by atoms with Crippen LogP contribution in [0.2, 0.25) is 0 Å². The van der Waals surface area contributed by atoms with Gasteiger partial charge in [-0.2, -0.15) is 0 Å². The minimum absolute atomic E-state index is 0.0135. The van der Waals surface area contributed by atoms with Gasteiger partial charge in [0.25, 0.3) is 5.91 Å². The summed E-state index contributed by atoms with van der Waals surface area (Å²) in [6.45, 7) is 3.70. The molecule has 1 unspecified atom stereocenters. The van der Waals surface area contributed by atoms with Crippen LogP contribution in [0.25, 0.3) is 0 Å². The Balaban J connectivity index is 2.20. The number of nitrogen functional groups attached to an aromatic ring is 1. The van der Waals surface area contributed by atoms with E-state index in [0.717, 1.165) is 11.3 Å². The second-order valence-electron chi connectivity index (χ2n) is 4.88. The van der Waals surface area contributed by atoms with E-state index in [1.807, 2.05) is 24.4 Å². The van der Waals surface area contributed by atoms with Crippen LogP contribution in [0, 0.1) is 5.41 Å². The first kappa shape index (κ1) is 15.3. The number of carbonyl (C=O) groups is 1. The summed E-state index contributed by atoms with van der Waals surface area (Å²) in [5, 5.41) is 12.7. The zero-order valence-electron chi connectivity index (χ0n) is 12.1. The van der Waals surface area contributed by atoms with E-state index in [2.05, 4.69) is 5.32 Å². The molecule has 0 aliphatic heterocycles. The topological polar surface area (TPSA) is 79.0 Å². The number of thiophene rings is 1. The number of hydrogen-bond acceptors (Lipinski definition) is 4. The molecule has 0 saturated heterocycles. The van der Waals surface area contributed by atoms with Crippen molar-refractivity contribution in [1.82, 2.24) is 5.32 Å². The SMILES string of the molecule is CCC(NC(=O)c1ccc(N)c(C(C)=N)c1)c1cccs1. The van der Waals surface area contributed by atoms with Gasteiger partial charge in [0.05, 0.1) is 6.04 Å². The lowest BCUT2D eigenvalue weighted by Gasteiger charge is -2.16. The average molecular weight is 301 g/mol. The van der Waals surface area contributed by atoms with Gasteiger partial charge in [0.15, 0.2) is 0 Å². The van der Waals surface area contributed by atoms with Crippen molar-refractivity contribution in [3.8, 4) is 0 Å². The Labute approximate surface area is 128 Å². The standard InChI is InChI=1S/C16H19N3OS/c1-3-14(15-5-4-8-21-15)19-16(20)11-6-7-13(18)12(9-11)10(2)17/h4-9,14,17H,3,18H2,1-2H3,(H,19,20). The number of hydrogen-bond donors (Lipinski definition) is 3. The van der Waals surface area contributed by atoms with E-state index in [9.17, 15) is 4.79 Å². The third-order valence-corrected chi connectivity index (χ3v) is 4.31. The Morgan fingerprint density at radius 2 is 2.19 bits per heavy atom. The molecule has 110 valence electrons. The van der Waals surface area contributed by atoms with Crippen molar-refractivity contribution < 1.29 is 4.79 Å². The van der Waals surface area contributed by atoms with Crippen LogP contribution in [0.4, 0.5) is 5.69 Å². The molecule has 0 radical (unpaired) electrons. The van der Waals surface area contributed by atoms with E-state index in [1.54, 1.807) is 36.5 Å². The predicted molar refractivity (Wildman–Crippen MR) is 88.2 cm³/mol. The van der Waals surface area contributed by atoms with E-state index < -0.39 is 0 Å². The molecule has 1 atom stereocenters. The van der Waals surface area contributed by atoms with Gasteiger partial charge in [-0.1, -0.05) is 13.0 Å². The van der Waals surface area contributed by atoms with E-state index in [-0.39, 0.29) is 11.9 Å². The number of nitrogens with one attached hydrogen (secondary N) is 2. The molecule has 1 amide bonds. The Hall–Kier alpha value is -2.14. The highest BCUT2D eigenvalue weighted by molar-refractivity contribution is 7.10. The fourth-order valence-electron chi connectivity index (χ4n) is 2.13. The molecule has 21 heavy (non-hydrogen) atoms. The monoisotopic (exact) mass is 301 g/mol. The molecule has 2 rings (SSSR count). The first-order valence-electron chi connectivity index (χ1n) is 6.82.